The Hall–Kier alpha value is 0.140. The predicted octanol–water partition coefficient (Wildman–Crippen LogP) is 2.51. The minimum Gasteiger partial charge on any atom is -0.315 e. The topological polar surface area (TPSA) is 12.0 Å². The van der Waals surface area contributed by atoms with E-state index in [0.29, 0.717) is 0 Å². The molecule has 0 spiro atoms. The molecule has 1 saturated heterocycles. The average Bonchev–Trinajstić information content (AvgIpc) is 2.07. The van der Waals surface area contributed by atoms with Gasteiger partial charge in [-0.1, -0.05) is 0 Å². The third kappa shape index (κ3) is 1.37. The lowest BCUT2D eigenvalue weighted by molar-refractivity contribution is 0.453. The van der Waals surface area contributed by atoms with E-state index in [2.05, 4.69) is 34.2 Å². The lowest BCUT2D eigenvalue weighted by Gasteiger charge is -2.26. The summed E-state index contributed by atoms with van der Waals surface area (Å²) in [6, 6.07) is 2.21. The SMILES string of the molecule is Cc1cc(Br)c(C2CNC2)s1. The van der Waals surface area contributed by atoms with Crippen molar-refractivity contribution in [2.75, 3.05) is 13.1 Å². The molecule has 0 bridgehead atoms. The molecule has 60 valence electrons. The Morgan fingerprint density at radius 2 is 2.36 bits per heavy atom. The van der Waals surface area contributed by atoms with E-state index in [4.69, 9.17) is 0 Å². The molecule has 1 N–H and O–H groups in total. The standard InChI is InChI=1S/C8H10BrNS/c1-5-2-7(9)8(11-5)6-3-10-4-6/h2,6,10H,3-4H2,1H3. The van der Waals surface area contributed by atoms with Gasteiger partial charge in [0.15, 0.2) is 0 Å². The Morgan fingerprint density at radius 3 is 2.73 bits per heavy atom. The smallest absolute Gasteiger partial charge is 0.0321 e. The van der Waals surface area contributed by atoms with Crippen LogP contribution in [0.4, 0.5) is 0 Å². The Balaban J connectivity index is 2.28. The quantitative estimate of drug-likeness (QED) is 0.784. The lowest BCUT2D eigenvalue weighted by atomic mass is 10.0. The molecule has 1 aliphatic rings. The van der Waals surface area contributed by atoms with Crippen molar-refractivity contribution in [3.05, 3.63) is 20.3 Å². The molecule has 0 atom stereocenters. The molecule has 0 radical (unpaired) electrons. The number of rotatable bonds is 1. The van der Waals surface area contributed by atoms with Crippen molar-refractivity contribution in [3.8, 4) is 0 Å². The summed E-state index contributed by atoms with van der Waals surface area (Å²) < 4.78 is 1.30. The highest BCUT2D eigenvalue weighted by Gasteiger charge is 2.22. The van der Waals surface area contributed by atoms with Crippen LogP contribution in [0.2, 0.25) is 0 Å². The molecule has 0 unspecified atom stereocenters. The van der Waals surface area contributed by atoms with Gasteiger partial charge in [-0.15, -0.1) is 11.3 Å². The van der Waals surface area contributed by atoms with Crippen LogP contribution in [0.25, 0.3) is 0 Å². The average molecular weight is 232 g/mol. The van der Waals surface area contributed by atoms with Crippen LogP contribution >= 0.6 is 27.3 Å². The van der Waals surface area contributed by atoms with Gasteiger partial charge in [0.25, 0.3) is 0 Å². The van der Waals surface area contributed by atoms with Crippen molar-refractivity contribution in [2.45, 2.75) is 12.8 Å². The van der Waals surface area contributed by atoms with Crippen molar-refractivity contribution in [2.24, 2.45) is 0 Å². The van der Waals surface area contributed by atoms with Crippen LogP contribution in [-0.4, -0.2) is 13.1 Å². The number of nitrogens with one attached hydrogen (secondary N) is 1. The second-order valence-electron chi connectivity index (χ2n) is 2.92. The van der Waals surface area contributed by atoms with Crippen molar-refractivity contribution in [3.63, 3.8) is 0 Å². The van der Waals surface area contributed by atoms with Gasteiger partial charge in [-0.05, 0) is 28.9 Å². The van der Waals surface area contributed by atoms with E-state index < -0.39 is 0 Å². The molecule has 1 aromatic rings. The molecule has 3 heteroatoms. The third-order valence-corrected chi connectivity index (χ3v) is 4.12. The minimum absolute atomic E-state index is 0.767. The summed E-state index contributed by atoms with van der Waals surface area (Å²) in [6.45, 7) is 4.46. The molecule has 1 aromatic heterocycles. The first-order valence-electron chi connectivity index (χ1n) is 3.74. The van der Waals surface area contributed by atoms with E-state index in [1.54, 1.807) is 0 Å². The molecule has 0 aliphatic carbocycles. The van der Waals surface area contributed by atoms with E-state index in [0.717, 1.165) is 19.0 Å². The van der Waals surface area contributed by atoms with Crippen LogP contribution in [0, 0.1) is 6.92 Å². The maximum atomic E-state index is 3.58. The van der Waals surface area contributed by atoms with E-state index in [1.807, 2.05) is 11.3 Å². The first-order chi connectivity index (χ1) is 5.27. The van der Waals surface area contributed by atoms with Crippen LogP contribution in [0.15, 0.2) is 10.5 Å². The van der Waals surface area contributed by atoms with Gasteiger partial charge in [-0.3, -0.25) is 0 Å². The first-order valence-corrected chi connectivity index (χ1v) is 5.35. The second-order valence-corrected chi connectivity index (χ2v) is 5.07. The monoisotopic (exact) mass is 231 g/mol. The molecule has 1 nitrogen and oxygen atoms in total. The lowest BCUT2D eigenvalue weighted by Crippen LogP contribution is -2.39. The van der Waals surface area contributed by atoms with Gasteiger partial charge in [-0.25, -0.2) is 0 Å². The highest BCUT2D eigenvalue weighted by Crippen LogP contribution is 2.34. The summed E-state index contributed by atoms with van der Waals surface area (Å²) >= 11 is 5.49. The maximum absolute atomic E-state index is 3.58. The van der Waals surface area contributed by atoms with Crippen LogP contribution in [-0.2, 0) is 0 Å². The summed E-state index contributed by atoms with van der Waals surface area (Å²) in [6.07, 6.45) is 0. The van der Waals surface area contributed by atoms with Crippen LogP contribution in [0.3, 0.4) is 0 Å². The van der Waals surface area contributed by atoms with Gasteiger partial charge in [-0.2, -0.15) is 0 Å². The zero-order valence-electron chi connectivity index (χ0n) is 6.36. The van der Waals surface area contributed by atoms with E-state index in [9.17, 15) is 0 Å². The van der Waals surface area contributed by atoms with Gasteiger partial charge < -0.3 is 5.32 Å². The Labute approximate surface area is 78.9 Å². The van der Waals surface area contributed by atoms with Crippen LogP contribution in [0.5, 0.6) is 0 Å². The molecule has 1 fully saturated rings. The van der Waals surface area contributed by atoms with Crippen LogP contribution < -0.4 is 5.32 Å². The van der Waals surface area contributed by atoms with E-state index >= 15 is 0 Å². The molecular formula is C8H10BrNS. The van der Waals surface area contributed by atoms with Crippen molar-refractivity contribution in [1.29, 1.82) is 0 Å². The van der Waals surface area contributed by atoms with Gasteiger partial charge >= 0.3 is 0 Å². The molecule has 0 saturated carbocycles. The third-order valence-electron chi connectivity index (χ3n) is 1.99. The molecule has 11 heavy (non-hydrogen) atoms. The zero-order chi connectivity index (χ0) is 7.84. The number of halogens is 1. The van der Waals surface area contributed by atoms with Gasteiger partial charge in [0.2, 0.25) is 0 Å². The van der Waals surface area contributed by atoms with Gasteiger partial charge in [0.05, 0.1) is 0 Å². The van der Waals surface area contributed by atoms with E-state index in [-0.39, 0.29) is 0 Å². The fraction of sp³-hybridized carbons (Fsp3) is 0.500. The molecule has 2 heterocycles. The molecule has 2 rings (SSSR count). The predicted molar refractivity (Wildman–Crippen MR) is 52.4 cm³/mol. The fourth-order valence-corrected chi connectivity index (χ4v) is 3.33. The van der Waals surface area contributed by atoms with Crippen LogP contribution in [0.1, 0.15) is 15.7 Å². The molecule has 0 amide bonds. The number of hydrogen-bond acceptors (Lipinski definition) is 2. The highest BCUT2D eigenvalue weighted by atomic mass is 79.9. The summed E-state index contributed by atoms with van der Waals surface area (Å²) in [5, 5.41) is 3.28. The summed E-state index contributed by atoms with van der Waals surface area (Å²) in [5.41, 5.74) is 0. The van der Waals surface area contributed by atoms with Crippen molar-refractivity contribution in [1.82, 2.24) is 5.32 Å². The Kier molecular flexibility index (Phi) is 2.04. The fourth-order valence-electron chi connectivity index (χ4n) is 1.25. The maximum Gasteiger partial charge on any atom is 0.0321 e. The Morgan fingerprint density at radius 1 is 1.64 bits per heavy atom. The number of aryl methyl sites for hydroxylation is 1. The minimum atomic E-state index is 0.767. The van der Waals surface area contributed by atoms with E-state index in [1.165, 1.54) is 14.2 Å². The van der Waals surface area contributed by atoms with Gasteiger partial charge in [0, 0.05) is 33.2 Å². The number of hydrogen-bond donors (Lipinski definition) is 1. The highest BCUT2D eigenvalue weighted by molar-refractivity contribution is 9.10. The normalized spacial score (nSPS) is 18.4. The Bertz CT molecular complexity index is 265. The largest absolute Gasteiger partial charge is 0.315 e. The molecular weight excluding hydrogens is 222 g/mol. The van der Waals surface area contributed by atoms with Crippen molar-refractivity contribution < 1.29 is 0 Å². The summed E-state index contributed by atoms with van der Waals surface area (Å²) in [5.74, 6) is 0.767. The first kappa shape index (κ1) is 7.77. The second kappa shape index (κ2) is 2.88. The summed E-state index contributed by atoms with van der Waals surface area (Å²) in [7, 11) is 0. The summed E-state index contributed by atoms with van der Waals surface area (Å²) in [4.78, 5) is 2.92. The van der Waals surface area contributed by atoms with Gasteiger partial charge in [0.1, 0.15) is 0 Å². The molecule has 0 aromatic carbocycles. The zero-order valence-corrected chi connectivity index (χ0v) is 8.76. The number of thiophene rings is 1. The van der Waals surface area contributed by atoms with Crippen molar-refractivity contribution >= 4 is 27.3 Å². The molecule has 1 aliphatic heterocycles.